The maximum absolute atomic E-state index is 11.7. The molecule has 0 spiro atoms. The summed E-state index contributed by atoms with van der Waals surface area (Å²) >= 11 is 0. The van der Waals surface area contributed by atoms with E-state index in [9.17, 15) is 26.3 Å². The summed E-state index contributed by atoms with van der Waals surface area (Å²) in [7, 11) is 0. The second-order valence-electron chi connectivity index (χ2n) is 1.71. The van der Waals surface area contributed by atoms with Crippen molar-refractivity contribution in [1.29, 1.82) is 0 Å². The molecule has 8 heteroatoms. The molecule has 68 valence electrons. The van der Waals surface area contributed by atoms with Crippen LogP contribution in [0.1, 0.15) is 0 Å². The van der Waals surface area contributed by atoms with E-state index in [0.29, 0.717) is 0 Å². The maximum Gasteiger partial charge on any atom is 0.458 e. The molecule has 11 heavy (non-hydrogen) atoms. The Hall–Kier alpha value is 0.270. The number of ether oxygens (including phenoxy) is 1. The lowest BCUT2D eigenvalue weighted by molar-refractivity contribution is -0.231. The second kappa shape index (κ2) is 2.38. The molecular weight excluding hydrogens is 293 g/mol. The average molecular weight is 294 g/mol. The highest BCUT2D eigenvalue weighted by atomic mass is 127. The van der Waals surface area contributed by atoms with Gasteiger partial charge in [0.25, 0.3) is 0 Å². The quantitative estimate of drug-likeness (QED) is 0.380. The fraction of sp³-hybridized carbons (Fsp3) is 1.00. The number of halogens is 7. The van der Waals surface area contributed by atoms with E-state index in [4.69, 9.17) is 0 Å². The number of hydrogen-bond acceptors (Lipinski definition) is 1. The lowest BCUT2D eigenvalue weighted by atomic mass is 10.4. The molecular formula is C3HF6IO. The first kappa shape index (κ1) is 11.3. The van der Waals surface area contributed by atoms with Gasteiger partial charge in [-0.15, -0.1) is 24.0 Å². The predicted octanol–water partition coefficient (Wildman–Crippen LogP) is 2.46. The van der Waals surface area contributed by atoms with Gasteiger partial charge in [-0.05, 0) is 0 Å². The van der Waals surface area contributed by atoms with E-state index in [2.05, 4.69) is 4.74 Å². The van der Waals surface area contributed by atoms with Crippen LogP contribution >= 0.6 is 24.0 Å². The summed E-state index contributed by atoms with van der Waals surface area (Å²) in [6.07, 6.45) is -10.4. The summed E-state index contributed by atoms with van der Waals surface area (Å²) in [5.41, 5.74) is 0. The second-order valence-corrected chi connectivity index (χ2v) is 1.71. The number of hydrogen-bond donors (Lipinski definition) is 0. The fourth-order valence-electron chi connectivity index (χ4n) is 0.374. The molecule has 0 aromatic carbocycles. The van der Waals surface area contributed by atoms with Crippen LogP contribution in [-0.2, 0) is 4.74 Å². The van der Waals surface area contributed by atoms with Crippen molar-refractivity contribution in [3.8, 4) is 0 Å². The van der Waals surface area contributed by atoms with Gasteiger partial charge in [-0.3, -0.25) is 4.74 Å². The van der Waals surface area contributed by atoms with Crippen LogP contribution in [0.5, 0.6) is 0 Å². The normalized spacial score (nSPS) is 34.4. The molecule has 0 aliphatic carbocycles. The molecule has 1 rings (SSSR count). The van der Waals surface area contributed by atoms with Crippen LogP contribution in [0.15, 0.2) is 0 Å². The van der Waals surface area contributed by atoms with Crippen molar-refractivity contribution in [2.24, 2.45) is 0 Å². The molecule has 1 atom stereocenters. The van der Waals surface area contributed by atoms with Gasteiger partial charge < -0.3 is 0 Å². The SMILES string of the molecule is FC(F)(F)C1(F)OC1(F)F.I. The van der Waals surface area contributed by atoms with Crippen LogP contribution < -0.4 is 0 Å². The van der Waals surface area contributed by atoms with Crippen molar-refractivity contribution in [3.05, 3.63) is 0 Å². The Morgan fingerprint density at radius 2 is 1.27 bits per heavy atom. The van der Waals surface area contributed by atoms with E-state index < -0.39 is 18.1 Å². The van der Waals surface area contributed by atoms with E-state index in [1.165, 1.54) is 0 Å². The van der Waals surface area contributed by atoms with Gasteiger partial charge in [-0.1, -0.05) is 0 Å². The molecule has 0 N–H and O–H groups in total. The van der Waals surface area contributed by atoms with Crippen molar-refractivity contribution in [2.45, 2.75) is 18.1 Å². The van der Waals surface area contributed by atoms with Crippen LogP contribution in [0, 0.1) is 0 Å². The highest BCUT2D eigenvalue weighted by Crippen LogP contribution is 2.60. The van der Waals surface area contributed by atoms with E-state index in [-0.39, 0.29) is 24.0 Å². The molecule has 0 bridgehead atoms. The summed E-state index contributed by atoms with van der Waals surface area (Å²) in [6.45, 7) is 0. The van der Waals surface area contributed by atoms with Crippen molar-refractivity contribution in [3.63, 3.8) is 0 Å². The van der Waals surface area contributed by atoms with Crippen molar-refractivity contribution in [2.75, 3.05) is 0 Å². The monoisotopic (exact) mass is 294 g/mol. The molecule has 1 saturated heterocycles. The molecule has 0 saturated carbocycles. The molecule has 0 aromatic heterocycles. The summed E-state index contributed by atoms with van der Waals surface area (Å²) in [5.74, 6) is -4.75. The smallest absolute Gasteiger partial charge is 0.263 e. The van der Waals surface area contributed by atoms with Gasteiger partial charge in [0.1, 0.15) is 0 Å². The number of epoxide rings is 1. The third kappa shape index (κ3) is 1.42. The first-order chi connectivity index (χ1) is 4.21. The predicted molar refractivity (Wildman–Crippen MR) is 31.3 cm³/mol. The zero-order valence-corrected chi connectivity index (χ0v) is 6.91. The lowest BCUT2D eigenvalue weighted by Crippen LogP contribution is -2.32. The van der Waals surface area contributed by atoms with E-state index >= 15 is 0 Å². The highest BCUT2D eigenvalue weighted by molar-refractivity contribution is 14.0. The number of rotatable bonds is 0. The third-order valence-electron chi connectivity index (χ3n) is 0.966. The molecule has 1 aliphatic heterocycles. The Balaban J connectivity index is 0.000001000. The molecule has 1 unspecified atom stereocenters. The minimum absolute atomic E-state index is 0. The highest BCUT2D eigenvalue weighted by Gasteiger charge is 2.90. The third-order valence-corrected chi connectivity index (χ3v) is 0.966. The van der Waals surface area contributed by atoms with Crippen molar-refractivity contribution in [1.82, 2.24) is 0 Å². The average Bonchev–Trinajstić information content (AvgIpc) is 2.05. The zero-order valence-electron chi connectivity index (χ0n) is 4.58. The molecule has 0 amide bonds. The molecule has 1 nitrogen and oxygen atoms in total. The van der Waals surface area contributed by atoms with Gasteiger partial charge in [0.2, 0.25) is 0 Å². The topological polar surface area (TPSA) is 12.5 Å². The van der Waals surface area contributed by atoms with Crippen LogP contribution in [0.25, 0.3) is 0 Å². The molecule has 1 heterocycles. The first-order valence-electron chi connectivity index (χ1n) is 2.04. The molecule has 0 radical (unpaired) electrons. The molecule has 1 aliphatic rings. The van der Waals surface area contributed by atoms with Gasteiger partial charge in [0.15, 0.2) is 0 Å². The van der Waals surface area contributed by atoms with Gasteiger partial charge in [0, 0.05) is 0 Å². The Morgan fingerprint density at radius 1 is 1.00 bits per heavy atom. The molecule has 0 aromatic rings. The van der Waals surface area contributed by atoms with E-state index in [0.717, 1.165) is 0 Å². The van der Waals surface area contributed by atoms with Crippen LogP contribution in [0.2, 0.25) is 0 Å². The largest absolute Gasteiger partial charge is 0.458 e. The summed E-state index contributed by atoms with van der Waals surface area (Å²) < 4.78 is 70.4. The van der Waals surface area contributed by atoms with Crippen LogP contribution in [0.3, 0.4) is 0 Å². The van der Waals surface area contributed by atoms with Crippen LogP contribution in [-0.4, -0.2) is 18.1 Å². The Labute approximate surface area is 73.7 Å². The minimum atomic E-state index is -5.66. The Morgan fingerprint density at radius 3 is 1.27 bits per heavy atom. The maximum atomic E-state index is 11.7. The summed E-state index contributed by atoms with van der Waals surface area (Å²) in [6, 6.07) is 0. The Kier molecular flexibility index (Phi) is 2.43. The van der Waals surface area contributed by atoms with Crippen molar-refractivity contribution >= 4 is 24.0 Å². The standard InChI is InChI=1S/C3F6O.HI/c4-1(2(5,6)7)3(8,9)10-1;/h;1H. The fourth-order valence-corrected chi connectivity index (χ4v) is 0.374. The zero-order chi connectivity index (χ0) is 8.21. The van der Waals surface area contributed by atoms with E-state index in [1.54, 1.807) is 0 Å². The van der Waals surface area contributed by atoms with Gasteiger partial charge in [-0.25, -0.2) is 0 Å². The molecule has 1 fully saturated rings. The van der Waals surface area contributed by atoms with Gasteiger partial charge in [-0.2, -0.15) is 26.3 Å². The summed E-state index contributed by atoms with van der Waals surface area (Å²) in [5, 5.41) is 0. The lowest BCUT2D eigenvalue weighted by Gasteiger charge is -2.04. The first-order valence-corrected chi connectivity index (χ1v) is 2.04. The number of alkyl halides is 6. The van der Waals surface area contributed by atoms with E-state index in [1.807, 2.05) is 0 Å². The van der Waals surface area contributed by atoms with Crippen LogP contribution in [0.4, 0.5) is 26.3 Å². The minimum Gasteiger partial charge on any atom is -0.263 e. The summed E-state index contributed by atoms with van der Waals surface area (Å²) in [4.78, 5) is 0. The van der Waals surface area contributed by atoms with Gasteiger partial charge >= 0.3 is 18.1 Å². The Bertz CT molecular complexity index is 166. The van der Waals surface area contributed by atoms with Gasteiger partial charge in [0.05, 0.1) is 0 Å². The van der Waals surface area contributed by atoms with Crippen molar-refractivity contribution < 1.29 is 31.1 Å².